The van der Waals surface area contributed by atoms with Crippen LogP contribution in [0.25, 0.3) is 0 Å². The zero-order valence-electron chi connectivity index (χ0n) is 15.7. The van der Waals surface area contributed by atoms with Crippen LogP contribution in [0.5, 0.6) is 0 Å². The first-order chi connectivity index (χ1) is 12.9. The van der Waals surface area contributed by atoms with E-state index >= 15 is 0 Å². The number of nitrogens with zero attached hydrogens (tertiary/aromatic N) is 1. The van der Waals surface area contributed by atoms with Crippen LogP contribution in [0, 0.1) is 5.82 Å². The maximum atomic E-state index is 13.4. The lowest BCUT2D eigenvalue weighted by Crippen LogP contribution is -2.52. The summed E-state index contributed by atoms with van der Waals surface area (Å²) in [5.74, 6) is -0.222. The number of carbonyl (C=O) groups excluding carboxylic acids is 1. The molecule has 5 heteroatoms. The van der Waals surface area contributed by atoms with Crippen LogP contribution in [-0.2, 0) is 10.2 Å². The highest BCUT2D eigenvalue weighted by atomic mass is 79.9. The van der Waals surface area contributed by atoms with Crippen LogP contribution < -0.4 is 0 Å². The van der Waals surface area contributed by atoms with Crippen molar-refractivity contribution in [3.63, 3.8) is 0 Å². The number of amides is 1. The highest BCUT2D eigenvalue weighted by Crippen LogP contribution is 2.43. The topological polar surface area (TPSA) is 40.5 Å². The van der Waals surface area contributed by atoms with E-state index in [1.807, 2.05) is 29.2 Å². The predicted molar refractivity (Wildman–Crippen MR) is 108 cm³/mol. The van der Waals surface area contributed by atoms with Gasteiger partial charge in [0.2, 0.25) is 5.91 Å². The summed E-state index contributed by atoms with van der Waals surface area (Å²) in [4.78, 5) is 15.1. The van der Waals surface area contributed by atoms with Gasteiger partial charge in [-0.2, -0.15) is 0 Å². The van der Waals surface area contributed by atoms with E-state index < -0.39 is 5.41 Å². The largest absolute Gasteiger partial charge is 0.396 e. The molecule has 1 aliphatic rings. The van der Waals surface area contributed by atoms with Gasteiger partial charge in [0.05, 0.1) is 6.04 Å². The van der Waals surface area contributed by atoms with Crippen molar-refractivity contribution in [1.29, 1.82) is 0 Å². The van der Waals surface area contributed by atoms with Gasteiger partial charge < -0.3 is 10.0 Å². The summed E-state index contributed by atoms with van der Waals surface area (Å²) >= 11 is 3.45. The Labute approximate surface area is 168 Å². The van der Waals surface area contributed by atoms with Crippen molar-refractivity contribution in [1.82, 2.24) is 4.90 Å². The highest BCUT2D eigenvalue weighted by Gasteiger charge is 2.44. The van der Waals surface area contributed by atoms with Crippen LogP contribution in [0.4, 0.5) is 4.39 Å². The molecule has 1 unspecified atom stereocenters. The summed E-state index contributed by atoms with van der Waals surface area (Å²) in [7, 11) is 0. The molecule has 0 aliphatic carbocycles. The van der Waals surface area contributed by atoms with Crippen LogP contribution >= 0.6 is 15.9 Å². The number of aliphatic hydroxyl groups is 1. The standard InChI is InChI=1S/C22H25BrFNO2/c1-15-13-22(11-12-26,18-5-9-20(24)10-6-18)14-21(27)25(15)16(2)17-3-7-19(23)8-4-17/h3-10,15-16,26H,11-14H2,1-2H3/t15-,16+,22?/m1/s1. The molecular formula is C22H25BrFNO2. The summed E-state index contributed by atoms with van der Waals surface area (Å²) in [6.45, 7) is 4.11. The minimum atomic E-state index is -0.450. The molecule has 1 saturated heterocycles. The van der Waals surface area contributed by atoms with Gasteiger partial charge in [0, 0.05) is 29.0 Å². The summed E-state index contributed by atoms with van der Waals surface area (Å²) in [5, 5.41) is 9.65. The molecular weight excluding hydrogens is 409 g/mol. The smallest absolute Gasteiger partial charge is 0.224 e. The Morgan fingerprint density at radius 1 is 1.22 bits per heavy atom. The number of hydrogen-bond donors (Lipinski definition) is 1. The van der Waals surface area contributed by atoms with Gasteiger partial charge in [0.1, 0.15) is 5.82 Å². The van der Waals surface area contributed by atoms with Gasteiger partial charge in [0.15, 0.2) is 0 Å². The van der Waals surface area contributed by atoms with E-state index in [-0.39, 0.29) is 30.4 Å². The first-order valence-electron chi connectivity index (χ1n) is 9.30. The molecule has 144 valence electrons. The number of piperidine rings is 1. The SMILES string of the molecule is C[C@@H]1CC(CCO)(c2ccc(F)cc2)CC(=O)N1[C@@H](C)c1ccc(Br)cc1. The van der Waals surface area contributed by atoms with Gasteiger partial charge >= 0.3 is 0 Å². The molecule has 3 atom stereocenters. The van der Waals surface area contributed by atoms with Crippen LogP contribution in [0.15, 0.2) is 53.0 Å². The fraction of sp³-hybridized carbons (Fsp3) is 0.409. The first-order valence-corrected chi connectivity index (χ1v) is 10.1. The number of halogens is 2. The molecule has 2 aromatic carbocycles. The van der Waals surface area contributed by atoms with Crippen LogP contribution in [0.3, 0.4) is 0 Å². The van der Waals surface area contributed by atoms with E-state index in [4.69, 9.17) is 0 Å². The zero-order chi connectivity index (χ0) is 19.6. The van der Waals surface area contributed by atoms with Crippen molar-refractivity contribution >= 4 is 21.8 Å². The average molecular weight is 434 g/mol. The fourth-order valence-electron chi connectivity index (χ4n) is 4.43. The second-order valence-electron chi connectivity index (χ2n) is 7.52. The Morgan fingerprint density at radius 3 is 2.41 bits per heavy atom. The van der Waals surface area contributed by atoms with E-state index in [0.29, 0.717) is 12.8 Å². The zero-order valence-corrected chi connectivity index (χ0v) is 17.2. The van der Waals surface area contributed by atoms with Crippen LogP contribution in [-0.4, -0.2) is 28.6 Å². The Hall–Kier alpha value is -1.72. The number of carbonyl (C=O) groups is 1. The van der Waals surface area contributed by atoms with Gasteiger partial charge in [-0.15, -0.1) is 0 Å². The number of likely N-dealkylation sites (tertiary alicyclic amines) is 1. The third-order valence-corrected chi connectivity index (χ3v) is 6.28. The molecule has 1 N–H and O–H groups in total. The molecule has 0 bridgehead atoms. The summed E-state index contributed by atoms with van der Waals surface area (Å²) in [5.41, 5.74) is 1.57. The molecule has 1 heterocycles. The molecule has 27 heavy (non-hydrogen) atoms. The lowest BCUT2D eigenvalue weighted by atomic mass is 9.68. The normalized spacial score (nSPS) is 24.1. The lowest BCUT2D eigenvalue weighted by Gasteiger charge is -2.47. The van der Waals surface area contributed by atoms with Gasteiger partial charge in [-0.3, -0.25) is 4.79 Å². The van der Waals surface area contributed by atoms with E-state index in [1.54, 1.807) is 12.1 Å². The lowest BCUT2D eigenvalue weighted by molar-refractivity contribution is -0.142. The highest BCUT2D eigenvalue weighted by molar-refractivity contribution is 9.10. The van der Waals surface area contributed by atoms with Gasteiger partial charge in [-0.1, -0.05) is 40.2 Å². The Balaban J connectivity index is 1.89. The average Bonchev–Trinajstić information content (AvgIpc) is 2.62. The predicted octanol–water partition coefficient (Wildman–Crippen LogP) is 4.98. The van der Waals surface area contributed by atoms with Gasteiger partial charge in [-0.25, -0.2) is 4.39 Å². The molecule has 1 fully saturated rings. The molecule has 0 saturated carbocycles. The molecule has 1 amide bonds. The Morgan fingerprint density at radius 2 is 1.85 bits per heavy atom. The second kappa shape index (κ2) is 8.11. The molecule has 3 rings (SSSR count). The minimum absolute atomic E-state index is 0.000355. The molecule has 0 aromatic heterocycles. The number of benzene rings is 2. The van der Waals surface area contributed by atoms with Crippen molar-refractivity contribution in [2.24, 2.45) is 0 Å². The molecule has 0 spiro atoms. The van der Waals surface area contributed by atoms with Crippen molar-refractivity contribution in [3.05, 3.63) is 69.9 Å². The maximum Gasteiger partial charge on any atom is 0.224 e. The van der Waals surface area contributed by atoms with Crippen molar-refractivity contribution in [3.8, 4) is 0 Å². The third-order valence-electron chi connectivity index (χ3n) is 5.76. The fourth-order valence-corrected chi connectivity index (χ4v) is 4.70. The van der Waals surface area contributed by atoms with Crippen LogP contribution in [0.2, 0.25) is 0 Å². The van der Waals surface area contributed by atoms with Gasteiger partial charge in [-0.05, 0) is 62.1 Å². The van der Waals surface area contributed by atoms with Crippen molar-refractivity contribution < 1.29 is 14.3 Å². The molecule has 3 nitrogen and oxygen atoms in total. The van der Waals surface area contributed by atoms with E-state index in [0.717, 1.165) is 22.0 Å². The van der Waals surface area contributed by atoms with Crippen LogP contribution in [0.1, 0.15) is 50.3 Å². The number of rotatable bonds is 5. The molecule has 2 aromatic rings. The first kappa shape index (κ1) is 20.0. The summed E-state index contributed by atoms with van der Waals surface area (Å²) < 4.78 is 14.4. The number of aliphatic hydroxyl groups excluding tert-OH is 1. The Kier molecular flexibility index (Phi) is 6.02. The monoisotopic (exact) mass is 433 g/mol. The maximum absolute atomic E-state index is 13.4. The second-order valence-corrected chi connectivity index (χ2v) is 8.43. The van der Waals surface area contributed by atoms with E-state index in [2.05, 4.69) is 29.8 Å². The summed E-state index contributed by atoms with van der Waals surface area (Å²) in [6.07, 6.45) is 1.56. The quantitative estimate of drug-likeness (QED) is 0.721. The minimum Gasteiger partial charge on any atom is -0.396 e. The third kappa shape index (κ3) is 4.09. The van der Waals surface area contributed by atoms with Crippen molar-refractivity contribution in [2.75, 3.05) is 6.61 Å². The molecule has 1 aliphatic heterocycles. The van der Waals surface area contributed by atoms with E-state index in [9.17, 15) is 14.3 Å². The molecule has 0 radical (unpaired) electrons. The van der Waals surface area contributed by atoms with Gasteiger partial charge in [0.25, 0.3) is 0 Å². The summed E-state index contributed by atoms with van der Waals surface area (Å²) in [6, 6.07) is 14.4. The number of hydrogen-bond acceptors (Lipinski definition) is 2. The Bertz CT molecular complexity index is 793. The van der Waals surface area contributed by atoms with E-state index in [1.165, 1.54) is 12.1 Å². The van der Waals surface area contributed by atoms with Crippen molar-refractivity contribution in [2.45, 2.75) is 50.6 Å².